The Morgan fingerprint density at radius 2 is 1.96 bits per heavy atom. The molecular weight excluding hydrogens is 400 g/mol. The summed E-state index contributed by atoms with van der Waals surface area (Å²) in [5.41, 5.74) is 1.47. The highest BCUT2D eigenvalue weighted by atomic mass is 35.5. The maximum atomic E-state index is 12.6. The van der Waals surface area contributed by atoms with Crippen LogP contribution in [-0.4, -0.2) is 33.4 Å². The Hall–Kier alpha value is -2.15. The number of Topliss-reactive ketones (excluding diaryl/α,β-unsaturated/α-hetero) is 1. The van der Waals surface area contributed by atoms with E-state index < -0.39 is 0 Å². The minimum atomic E-state index is -0.219. The standard InChI is InChI=1S/C20H15ClN2O2S2/c1-12-20(25)23(11-16(24)13-6-8-14(21)9-7-13)19(26-12)10-18-22-15-4-2-3-5-17(15)27-18/h2-10,12H,11H2,1H3. The summed E-state index contributed by atoms with van der Waals surface area (Å²) >= 11 is 8.91. The van der Waals surface area contributed by atoms with Gasteiger partial charge in [0.1, 0.15) is 5.01 Å². The first-order valence-electron chi connectivity index (χ1n) is 8.35. The molecule has 1 amide bonds. The van der Waals surface area contributed by atoms with Gasteiger partial charge in [-0.2, -0.15) is 0 Å². The van der Waals surface area contributed by atoms with Crippen molar-refractivity contribution in [3.05, 3.63) is 69.2 Å². The number of para-hydroxylation sites is 1. The number of rotatable bonds is 4. The number of halogens is 1. The molecule has 1 aromatic heterocycles. The summed E-state index contributed by atoms with van der Waals surface area (Å²) in [5, 5.41) is 1.94. The van der Waals surface area contributed by atoms with Gasteiger partial charge in [0, 0.05) is 16.7 Å². The molecule has 4 nitrogen and oxygen atoms in total. The first-order valence-corrected chi connectivity index (χ1v) is 10.4. The molecule has 1 aliphatic rings. The number of nitrogens with zero attached hydrogens (tertiary/aromatic N) is 2. The lowest BCUT2D eigenvalue weighted by atomic mass is 10.1. The van der Waals surface area contributed by atoms with E-state index in [0.29, 0.717) is 10.6 Å². The maximum absolute atomic E-state index is 12.6. The predicted octanol–water partition coefficient (Wildman–Crippen LogP) is 5.09. The smallest absolute Gasteiger partial charge is 0.241 e. The van der Waals surface area contributed by atoms with Crippen LogP contribution in [0.2, 0.25) is 5.02 Å². The molecule has 136 valence electrons. The fraction of sp³-hybridized carbons (Fsp3) is 0.150. The summed E-state index contributed by atoms with van der Waals surface area (Å²) in [6.45, 7) is 1.86. The molecule has 0 aliphatic carbocycles. The van der Waals surface area contributed by atoms with Crippen LogP contribution in [0.1, 0.15) is 22.3 Å². The van der Waals surface area contributed by atoms with Gasteiger partial charge in [-0.15, -0.1) is 11.3 Å². The number of carbonyl (C=O) groups is 2. The Morgan fingerprint density at radius 3 is 2.70 bits per heavy atom. The molecule has 1 unspecified atom stereocenters. The van der Waals surface area contributed by atoms with Crippen LogP contribution in [-0.2, 0) is 4.79 Å². The highest BCUT2D eigenvalue weighted by molar-refractivity contribution is 8.04. The van der Waals surface area contributed by atoms with Gasteiger partial charge in [-0.1, -0.05) is 35.5 Å². The lowest BCUT2D eigenvalue weighted by molar-refractivity contribution is -0.126. The molecule has 1 aliphatic heterocycles. The molecule has 4 rings (SSSR count). The number of hydrogen-bond donors (Lipinski definition) is 0. The van der Waals surface area contributed by atoms with Gasteiger partial charge in [0.05, 0.1) is 27.0 Å². The number of carbonyl (C=O) groups excluding carboxylic acids is 2. The molecule has 0 saturated carbocycles. The van der Waals surface area contributed by atoms with Crippen molar-refractivity contribution in [1.29, 1.82) is 0 Å². The van der Waals surface area contributed by atoms with Gasteiger partial charge in [-0.05, 0) is 43.3 Å². The van der Waals surface area contributed by atoms with E-state index in [0.717, 1.165) is 20.3 Å². The van der Waals surface area contributed by atoms with Crippen molar-refractivity contribution < 1.29 is 9.59 Å². The number of hydrogen-bond acceptors (Lipinski definition) is 5. The van der Waals surface area contributed by atoms with E-state index in [2.05, 4.69) is 4.98 Å². The molecule has 2 aromatic carbocycles. The second kappa shape index (κ2) is 7.46. The summed E-state index contributed by atoms with van der Waals surface area (Å²) in [7, 11) is 0. The van der Waals surface area contributed by atoms with E-state index in [9.17, 15) is 9.59 Å². The zero-order chi connectivity index (χ0) is 19.0. The molecule has 1 saturated heterocycles. The SMILES string of the molecule is CC1SC(=Cc2nc3ccccc3s2)N(CC(=O)c2ccc(Cl)cc2)C1=O. The number of ketones is 1. The van der Waals surface area contributed by atoms with Crippen LogP contribution < -0.4 is 0 Å². The number of fused-ring (bicyclic) bond motifs is 1. The molecule has 7 heteroatoms. The van der Waals surface area contributed by atoms with Gasteiger partial charge in [0.15, 0.2) is 5.78 Å². The van der Waals surface area contributed by atoms with Gasteiger partial charge in [-0.25, -0.2) is 4.98 Å². The second-order valence-corrected chi connectivity index (χ2v) is 8.98. The van der Waals surface area contributed by atoms with E-state index in [1.165, 1.54) is 11.8 Å². The van der Waals surface area contributed by atoms with E-state index >= 15 is 0 Å². The van der Waals surface area contributed by atoms with Crippen molar-refractivity contribution in [3.63, 3.8) is 0 Å². The van der Waals surface area contributed by atoms with Crippen molar-refractivity contribution >= 4 is 62.7 Å². The predicted molar refractivity (Wildman–Crippen MR) is 112 cm³/mol. The van der Waals surface area contributed by atoms with Crippen molar-refractivity contribution in [2.75, 3.05) is 6.54 Å². The summed E-state index contributed by atoms with van der Waals surface area (Å²) < 4.78 is 1.09. The summed E-state index contributed by atoms with van der Waals surface area (Å²) in [6.07, 6.45) is 1.89. The minimum Gasteiger partial charge on any atom is -0.298 e. The Kier molecular flexibility index (Phi) is 5.04. The van der Waals surface area contributed by atoms with E-state index in [-0.39, 0.29) is 23.5 Å². The maximum Gasteiger partial charge on any atom is 0.241 e. The average Bonchev–Trinajstić information content (AvgIpc) is 3.18. The fourth-order valence-corrected chi connectivity index (χ4v) is 4.98. The lowest BCUT2D eigenvalue weighted by Crippen LogP contribution is -2.32. The van der Waals surface area contributed by atoms with E-state index in [4.69, 9.17) is 11.6 Å². The number of thiazole rings is 1. The van der Waals surface area contributed by atoms with E-state index in [1.54, 1.807) is 40.5 Å². The van der Waals surface area contributed by atoms with Crippen molar-refractivity contribution in [3.8, 4) is 0 Å². The Labute approximate surface area is 169 Å². The Balaban J connectivity index is 1.61. The van der Waals surface area contributed by atoms with Gasteiger partial charge < -0.3 is 0 Å². The molecule has 1 fully saturated rings. The minimum absolute atomic E-state index is 0.00847. The second-order valence-electron chi connectivity index (χ2n) is 6.12. The third-order valence-electron chi connectivity index (χ3n) is 4.20. The van der Waals surface area contributed by atoms with Gasteiger partial charge >= 0.3 is 0 Å². The Morgan fingerprint density at radius 1 is 1.22 bits per heavy atom. The summed E-state index contributed by atoms with van der Waals surface area (Å²) in [5.74, 6) is -0.181. The van der Waals surface area contributed by atoms with Crippen LogP contribution in [0.15, 0.2) is 53.6 Å². The van der Waals surface area contributed by atoms with Crippen LogP contribution in [0.4, 0.5) is 0 Å². The zero-order valence-electron chi connectivity index (χ0n) is 14.4. The Bertz CT molecular complexity index is 1030. The molecule has 0 N–H and O–H groups in total. The average molecular weight is 415 g/mol. The summed E-state index contributed by atoms with van der Waals surface area (Å²) in [4.78, 5) is 31.3. The van der Waals surface area contributed by atoms with Crippen LogP contribution in [0, 0.1) is 0 Å². The van der Waals surface area contributed by atoms with Crippen LogP contribution in [0.25, 0.3) is 16.3 Å². The molecule has 27 heavy (non-hydrogen) atoms. The molecule has 0 spiro atoms. The quantitative estimate of drug-likeness (QED) is 0.557. The molecule has 1 atom stereocenters. The fourth-order valence-electron chi connectivity index (χ4n) is 2.82. The van der Waals surface area contributed by atoms with Gasteiger partial charge in [0.25, 0.3) is 0 Å². The topological polar surface area (TPSA) is 50.3 Å². The highest BCUT2D eigenvalue weighted by Gasteiger charge is 2.35. The van der Waals surface area contributed by atoms with Crippen molar-refractivity contribution in [1.82, 2.24) is 9.88 Å². The molecule has 0 bridgehead atoms. The van der Waals surface area contributed by atoms with Crippen molar-refractivity contribution in [2.24, 2.45) is 0 Å². The zero-order valence-corrected chi connectivity index (χ0v) is 16.8. The molecule has 0 radical (unpaired) electrons. The number of amides is 1. The normalized spacial score (nSPS) is 18.6. The van der Waals surface area contributed by atoms with Gasteiger partial charge in [-0.3, -0.25) is 14.5 Å². The number of thioether (sulfide) groups is 1. The molecular formula is C20H15ClN2O2S2. The first kappa shape index (κ1) is 18.2. The summed E-state index contributed by atoms with van der Waals surface area (Å²) in [6, 6.07) is 14.6. The van der Waals surface area contributed by atoms with Crippen molar-refractivity contribution in [2.45, 2.75) is 12.2 Å². The highest BCUT2D eigenvalue weighted by Crippen LogP contribution is 2.37. The number of benzene rings is 2. The third kappa shape index (κ3) is 3.78. The lowest BCUT2D eigenvalue weighted by Gasteiger charge is -2.16. The largest absolute Gasteiger partial charge is 0.298 e. The van der Waals surface area contributed by atoms with Crippen LogP contribution in [0.5, 0.6) is 0 Å². The first-order chi connectivity index (χ1) is 13.0. The number of aromatic nitrogens is 1. The van der Waals surface area contributed by atoms with E-state index in [1.807, 2.05) is 37.3 Å². The monoisotopic (exact) mass is 414 g/mol. The third-order valence-corrected chi connectivity index (χ3v) is 6.57. The van der Waals surface area contributed by atoms with Gasteiger partial charge in [0.2, 0.25) is 5.91 Å². The molecule has 2 heterocycles. The molecule has 3 aromatic rings. The van der Waals surface area contributed by atoms with Crippen LogP contribution in [0.3, 0.4) is 0 Å². The van der Waals surface area contributed by atoms with Crippen LogP contribution >= 0.6 is 34.7 Å².